The third-order valence-electron chi connectivity index (χ3n) is 3.01. The van der Waals surface area contributed by atoms with Gasteiger partial charge in [-0.15, -0.1) is 0 Å². The minimum Gasteiger partial charge on any atom is -0.378 e. The Morgan fingerprint density at radius 2 is 2.33 bits per heavy atom. The van der Waals surface area contributed by atoms with E-state index >= 15 is 0 Å². The van der Waals surface area contributed by atoms with E-state index in [1.165, 1.54) is 0 Å². The maximum Gasteiger partial charge on any atom is 0.157 e. The summed E-state index contributed by atoms with van der Waals surface area (Å²) in [6.45, 7) is 2.76. The second-order valence-electron chi connectivity index (χ2n) is 4.35. The van der Waals surface area contributed by atoms with E-state index in [0.717, 1.165) is 34.7 Å². The third-order valence-corrected chi connectivity index (χ3v) is 3.01. The van der Waals surface area contributed by atoms with Gasteiger partial charge in [0.15, 0.2) is 5.65 Å². The molecule has 0 saturated heterocycles. The van der Waals surface area contributed by atoms with Crippen molar-refractivity contribution >= 4 is 16.7 Å². The van der Waals surface area contributed by atoms with Crippen molar-refractivity contribution in [2.75, 3.05) is 5.32 Å². The Hall–Kier alpha value is -2.30. The number of aryl methyl sites for hydroxylation is 2. The van der Waals surface area contributed by atoms with Gasteiger partial charge in [-0.2, -0.15) is 5.10 Å². The molecule has 0 aromatic carbocycles. The number of H-pyrrole nitrogens is 1. The fourth-order valence-corrected chi connectivity index (χ4v) is 2.08. The van der Waals surface area contributed by atoms with Crippen molar-refractivity contribution in [3.8, 4) is 0 Å². The van der Waals surface area contributed by atoms with Crippen molar-refractivity contribution < 1.29 is 0 Å². The molecule has 0 unspecified atom stereocenters. The van der Waals surface area contributed by atoms with E-state index in [2.05, 4.69) is 26.4 Å². The summed E-state index contributed by atoms with van der Waals surface area (Å²) in [5, 5.41) is 8.80. The molecule has 0 spiro atoms. The van der Waals surface area contributed by atoms with Gasteiger partial charge >= 0.3 is 0 Å². The number of aromatic nitrogens is 4. The molecule has 0 aliphatic rings. The maximum absolute atomic E-state index is 4.43. The van der Waals surface area contributed by atoms with Gasteiger partial charge in [-0.05, 0) is 25.1 Å². The van der Waals surface area contributed by atoms with Crippen LogP contribution in [0, 0.1) is 6.92 Å². The Balaban J connectivity index is 1.87. The summed E-state index contributed by atoms with van der Waals surface area (Å²) in [4.78, 5) is 7.59. The van der Waals surface area contributed by atoms with Crippen LogP contribution >= 0.6 is 0 Å². The van der Waals surface area contributed by atoms with Crippen molar-refractivity contribution in [2.45, 2.75) is 13.5 Å². The van der Waals surface area contributed by atoms with Crippen molar-refractivity contribution in [3.63, 3.8) is 0 Å². The van der Waals surface area contributed by atoms with Gasteiger partial charge in [0, 0.05) is 24.3 Å². The molecule has 18 heavy (non-hydrogen) atoms. The normalized spacial score (nSPS) is 11.0. The molecule has 92 valence electrons. The number of rotatable bonds is 3. The summed E-state index contributed by atoms with van der Waals surface area (Å²) >= 11 is 0. The lowest BCUT2D eigenvalue weighted by Gasteiger charge is -2.04. The third kappa shape index (κ3) is 1.84. The van der Waals surface area contributed by atoms with Crippen LogP contribution in [0.15, 0.2) is 30.6 Å². The minimum atomic E-state index is 0.763. The van der Waals surface area contributed by atoms with E-state index in [1.807, 2.05) is 38.5 Å². The van der Waals surface area contributed by atoms with Crippen LogP contribution in [0.2, 0.25) is 0 Å². The summed E-state index contributed by atoms with van der Waals surface area (Å²) < 4.78 is 1.80. The van der Waals surface area contributed by atoms with Gasteiger partial charge in [0.1, 0.15) is 0 Å². The SMILES string of the molecule is Cc1nn(C)c2ncc(NCc3ccc[nH]3)cc12. The molecule has 0 fully saturated rings. The van der Waals surface area contributed by atoms with Gasteiger partial charge in [-0.25, -0.2) is 4.98 Å². The monoisotopic (exact) mass is 241 g/mol. The number of fused-ring (bicyclic) bond motifs is 1. The molecule has 3 rings (SSSR count). The molecule has 3 heterocycles. The molecule has 2 N–H and O–H groups in total. The number of hydrogen-bond donors (Lipinski definition) is 2. The Morgan fingerprint density at radius 3 is 3.11 bits per heavy atom. The van der Waals surface area contributed by atoms with E-state index < -0.39 is 0 Å². The molecule has 0 saturated carbocycles. The Labute approximate surface area is 105 Å². The molecule has 0 amide bonds. The molecular formula is C13H15N5. The molecule has 5 heteroatoms. The van der Waals surface area contributed by atoms with E-state index in [-0.39, 0.29) is 0 Å². The minimum absolute atomic E-state index is 0.763. The Bertz CT molecular complexity index is 666. The zero-order valence-corrected chi connectivity index (χ0v) is 10.4. The first-order chi connectivity index (χ1) is 8.74. The first-order valence-corrected chi connectivity index (χ1v) is 5.89. The number of nitrogens with one attached hydrogen (secondary N) is 2. The van der Waals surface area contributed by atoms with Crippen LogP contribution in [-0.2, 0) is 13.6 Å². The highest BCUT2D eigenvalue weighted by Crippen LogP contribution is 2.19. The van der Waals surface area contributed by atoms with E-state index in [1.54, 1.807) is 4.68 Å². The predicted octanol–water partition coefficient (Wildman–Crippen LogP) is 2.22. The van der Waals surface area contributed by atoms with Crippen LogP contribution in [0.25, 0.3) is 11.0 Å². The number of nitrogens with zero attached hydrogens (tertiary/aromatic N) is 3. The number of pyridine rings is 1. The second-order valence-corrected chi connectivity index (χ2v) is 4.35. The largest absolute Gasteiger partial charge is 0.378 e. The first-order valence-electron chi connectivity index (χ1n) is 5.89. The molecule has 5 nitrogen and oxygen atoms in total. The fourth-order valence-electron chi connectivity index (χ4n) is 2.08. The second kappa shape index (κ2) is 4.18. The molecule has 3 aromatic heterocycles. The van der Waals surface area contributed by atoms with Crippen molar-refractivity contribution in [3.05, 3.63) is 42.0 Å². The predicted molar refractivity (Wildman–Crippen MR) is 71.4 cm³/mol. The molecule has 0 bridgehead atoms. The maximum atomic E-state index is 4.43. The standard InChI is InChI=1S/C13H15N5/c1-9-12-6-11(8-16-13(12)18(2)17-9)15-7-10-4-3-5-14-10/h3-6,8,14-15H,7H2,1-2H3. The van der Waals surface area contributed by atoms with Gasteiger partial charge in [0.25, 0.3) is 0 Å². The van der Waals surface area contributed by atoms with Crippen LogP contribution in [0.4, 0.5) is 5.69 Å². The van der Waals surface area contributed by atoms with Crippen LogP contribution in [0.3, 0.4) is 0 Å². The van der Waals surface area contributed by atoms with E-state index in [9.17, 15) is 0 Å². The first kappa shape index (κ1) is 10.8. The van der Waals surface area contributed by atoms with Gasteiger partial charge in [-0.3, -0.25) is 4.68 Å². The van der Waals surface area contributed by atoms with E-state index in [4.69, 9.17) is 0 Å². The molecular weight excluding hydrogens is 226 g/mol. The molecule has 3 aromatic rings. The molecule has 0 aliphatic heterocycles. The lowest BCUT2D eigenvalue weighted by molar-refractivity contribution is 0.774. The zero-order valence-electron chi connectivity index (χ0n) is 10.4. The topological polar surface area (TPSA) is 58.5 Å². The number of hydrogen-bond acceptors (Lipinski definition) is 3. The lowest BCUT2D eigenvalue weighted by Crippen LogP contribution is -2.00. The average Bonchev–Trinajstić information content (AvgIpc) is 2.97. The average molecular weight is 241 g/mol. The van der Waals surface area contributed by atoms with E-state index in [0.29, 0.717) is 0 Å². The van der Waals surface area contributed by atoms with Gasteiger partial charge in [0.2, 0.25) is 0 Å². The molecule has 0 aliphatic carbocycles. The van der Waals surface area contributed by atoms with Crippen LogP contribution in [-0.4, -0.2) is 19.7 Å². The Morgan fingerprint density at radius 1 is 1.44 bits per heavy atom. The van der Waals surface area contributed by atoms with Gasteiger partial charge in [-0.1, -0.05) is 0 Å². The summed E-state index contributed by atoms with van der Waals surface area (Å²) in [7, 11) is 1.91. The number of aromatic amines is 1. The summed E-state index contributed by atoms with van der Waals surface area (Å²) in [5.41, 5.74) is 4.08. The van der Waals surface area contributed by atoms with Gasteiger partial charge < -0.3 is 10.3 Å². The van der Waals surface area contributed by atoms with Crippen LogP contribution in [0.1, 0.15) is 11.4 Å². The highest BCUT2D eigenvalue weighted by molar-refractivity contribution is 5.81. The smallest absolute Gasteiger partial charge is 0.157 e. The highest BCUT2D eigenvalue weighted by atomic mass is 15.3. The fraction of sp³-hybridized carbons (Fsp3) is 0.231. The summed E-state index contributed by atoms with van der Waals surface area (Å²) in [6.07, 6.45) is 3.76. The van der Waals surface area contributed by atoms with Crippen molar-refractivity contribution in [1.82, 2.24) is 19.7 Å². The Kier molecular flexibility index (Phi) is 2.51. The summed E-state index contributed by atoms with van der Waals surface area (Å²) in [6, 6.07) is 6.13. The van der Waals surface area contributed by atoms with Gasteiger partial charge in [0.05, 0.1) is 24.1 Å². The van der Waals surface area contributed by atoms with Crippen molar-refractivity contribution in [1.29, 1.82) is 0 Å². The zero-order chi connectivity index (χ0) is 12.5. The molecule has 0 atom stereocenters. The lowest BCUT2D eigenvalue weighted by atomic mass is 10.2. The van der Waals surface area contributed by atoms with Crippen LogP contribution < -0.4 is 5.32 Å². The quantitative estimate of drug-likeness (QED) is 0.739. The molecule has 0 radical (unpaired) electrons. The highest BCUT2D eigenvalue weighted by Gasteiger charge is 2.06. The number of anilines is 1. The van der Waals surface area contributed by atoms with Crippen LogP contribution in [0.5, 0.6) is 0 Å². The summed E-state index contributed by atoms with van der Waals surface area (Å²) in [5.74, 6) is 0. The van der Waals surface area contributed by atoms with Crippen molar-refractivity contribution in [2.24, 2.45) is 7.05 Å².